The summed E-state index contributed by atoms with van der Waals surface area (Å²) in [5.41, 5.74) is 3.23. The fourth-order valence-corrected chi connectivity index (χ4v) is 3.33. The number of ether oxygens (including phenoxy) is 1. The number of rotatable bonds is 4. The van der Waals surface area contributed by atoms with Gasteiger partial charge in [0.1, 0.15) is 5.75 Å². The van der Waals surface area contributed by atoms with Crippen LogP contribution in [0.4, 0.5) is 5.69 Å². The molecule has 0 radical (unpaired) electrons. The van der Waals surface area contributed by atoms with Gasteiger partial charge in [-0.3, -0.25) is 4.79 Å². The van der Waals surface area contributed by atoms with E-state index in [9.17, 15) is 4.79 Å². The minimum atomic E-state index is 0.00963. The van der Waals surface area contributed by atoms with E-state index in [0.29, 0.717) is 11.7 Å². The van der Waals surface area contributed by atoms with Crippen molar-refractivity contribution in [3.8, 4) is 5.75 Å². The molecule has 0 saturated heterocycles. The van der Waals surface area contributed by atoms with E-state index in [1.54, 1.807) is 7.11 Å². The standard InChI is InChI=1S/C21H31NO2/c1-13(2)11-15-18(21(15,6)7)19(23)22-16-12-14(20(3,4)5)9-10-17(16)24-8/h9-12,15,18H,1-8H3,(H,22,23). The molecular formula is C21H31NO2. The first-order valence-corrected chi connectivity index (χ1v) is 8.63. The molecule has 1 fully saturated rings. The maximum atomic E-state index is 12.8. The molecule has 2 atom stereocenters. The van der Waals surface area contributed by atoms with E-state index in [0.717, 1.165) is 5.69 Å². The molecule has 2 unspecified atom stereocenters. The third-order valence-electron chi connectivity index (χ3n) is 5.03. The van der Waals surface area contributed by atoms with Gasteiger partial charge in [0.25, 0.3) is 0 Å². The second kappa shape index (κ2) is 6.27. The number of amides is 1. The van der Waals surface area contributed by atoms with E-state index in [-0.39, 0.29) is 22.7 Å². The van der Waals surface area contributed by atoms with Gasteiger partial charge in [-0.15, -0.1) is 0 Å². The number of allylic oxidation sites excluding steroid dienone is 2. The molecule has 0 spiro atoms. The molecule has 0 aromatic heterocycles. The summed E-state index contributed by atoms with van der Waals surface area (Å²) in [5, 5.41) is 3.10. The number of methoxy groups -OCH3 is 1. The highest BCUT2D eigenvalue weighted by atomic mass is 16.5. The van der Waals surface area contributed by atoms with Crippen LogP contribution in [0.1, 0.15) is 54.0 Å². The number of benzene rings is 1. The molecule has 1 aliphatic rings. The van der Waals surface area contributed by atoms with E-state index >= 15 is 0 Å². The van der Waals surface area contributed by atoms with Crippen LogP contribution < -0.4 is 10.1 Å². The van der Waals surface area contributed by atoms with E-state index in [4.69, 9.17) is 4.74 Å². The highest BCUT2D eigenvalue weighted by Gasteiger charge is 2.60. The molecule has 1 aliphatic carbocycles. The average molecular weight is 329 g/mol. The van der Waals surface area contributed by atoms with Crippen molar-refractivity contribution in [1.29, 1.82) is 0 Å². The fourth-order valence-electron chi connectivity index (χ4n) is 3.33. The lowest BCUT2D eigenvalue weighted by Gasteiger charge is -2.21. The molecule has 0 heterocycles. The fraction of sp³-hybridized carbons (Fsp3) is 0.571. The first-order chi connectivity index (χ1) is 11.0. The summed E-state index contributed by atoms with van der Waals surface area (Å²) in [4.78, 5) is 12.8. The van der Waals surface area contributed by atoms with Crippen LogP contribution in [0.2, 0.25) is 0 Å². The Morgan fingerprint density at radius 2 is 1.88 bits per heavy atom. The van der Waals surface area contributed by atoms with Crippen molar-refractivity contribution in [2.24, 2.45) is 17.3 Å². The van der Waals surface area contributed by atoms with Gasteiger partial charge in [0, 0.05) is 0 Å². The van der Waals surface area contributed by atoms with Gasteiger partial charge < -0.3 is 10.1 Å². The third kappa shape index (κ3) is 3.66. The van der Waals surface area contributed by atoms with Gasteiger partial charge in [-0.05, 0) is 48.3 Å². The van der Waals surface area contributed by atoms with Crippen LogP contribution in [0, 0.1) is 17.3 Å². The van der Waals surface area contributed by atoms with Gasteiger partial charge in [0.15, 0.2) is 0 Å². The molecular weight excluding hydrogens is 298 g/mol. The molecule has 0 bridgehead atoms. The SMILES string of the molecule is COc1ccc(C(C)(C)C)cc1NC(=O)C1C(C=C(C)C)C1(C)C. The smallest absolute Gasteiger partial charge is 0.228 e. The predicted octanol–water partition coefficient (Wildman–Crippen LogP) is 5.17. The molecule has 3 nitrogen and oxygen atoms in total. The zero-order valence-corrected chi connectivity index (χ0v) is 16.3. The predicted molar refractivity (Wildman–Crippen MR) is 101 cm³/mol. The zero-order chi connectivity index (χ0) is 18.3. The Kier molecular flexibility index (Phi) is 4.85. The first kappa shape index (κ1) is 18.6. The van der Waals surface area contributed by atoms with Crippen molar-refractivity contribution in [3.05, 3.63) is 35.4 Å². The van der Waals surface area contributed by atoms with Gasteiger partial charge in [0.2, 0.25) is 5.91 Å². The summed E-state index contributed by atoms with van der Waals surface area (Å²) in [5.74, 6) is 1.09. The van der Waals surface area contributed by atoms with Crippen molar-refractivity contribution < 1.29 is 9.53 Å². The largest absolute Gasteiger partial charge is 0.495 e. The van der Waals surface area contributed by atoms with Crippen LogP contribution in [0.15, 0.2) is 29.8 Å². The second-order valence-corrected chi connectivity index (χ2v) is 8.72. The molecule has 24 heavy (non-hydrogen) atoms. The van der Waals surface area contributed by atoms with E-state index in [1.165, 1.54) is 11.1 Å². The Hall–Kier alpha value is -1.77. The summed E-state index contributed by atoms with van der Waals surface area (Å²) in [6.45, 7) is 15.0. The minimum Gasteiger partial charge on any atom is -0.495 e. The molecule has 1 amide bonds. The maximum absolute atomic E-state index is 12.8. The maximum Gasteiger partial charge on any atom is 0.228 e. The van der Waals surface area contributed by atoms with Crippen molar-refractivity contribution >= 4 is 11.6 Å². The topological polar surface area (TPSA) is 38.3 Å². The normalized spacial score (nSPS) is 21.8. The lowest BCUT2D eigenvalue weighted by Crippen LogP contribution is -2.18. The van der Waals surface area contributed by atoms with Crippen molar-refractivity contribution in [1.82, 2.24) is 0 Å². The van der Waals surface area contributed by atoms with Crippen molar-refractivity contribution in [2.75, 3.05) is 12.4 Å². The van der Waals surface area contributed by atoms with Crippen LogP contribution in [0.25, 0.3) is 0 Å². The lowest BCUT2D eigenvalue weighted by molar-refractivity contribution is -0.118. The van der Waals surface area contributed by atoms with Gasteiger partial charge in [-0.25, -0.2) is 0 Å². The second-order valence-electron chi connectivity index (χ2n) is 8.72. The van der Waals surface area contributed by atoms with Gasteiger partial charge in [-0.2, -0.15) is 0 Å². The molecule has 0 aliphatic heterocycles. The Morgan fingerprint density at radius 1 is 1.25 bits per heavy atom. The highest BCUT2D eigenvalue weighted by Crippen LogP contribution is 2.59. The number of hydrogen-bond acceptors (Lipinski definition) is 2. The quantitative estimate of drug-likeness (QED) is 0.774. The van der Waals surface area contributed by atoms with Crippen LogP contribution >= 0.6 is 0 Å². The molecule has 132 valence electrons. The number of carbonyl (C=O) groups is 1. The van der Waals surface area contributed by atoms with Crippen molar-refractivity contribution in [2.45, 2.75) is 53.9 Å². The Balaban J connectivity index is 2.25. The molecule has 1 aromatic carbocycles. The average Bonchev–Trinajstić information content (AvgIpc) is 2.97. The summed E-state index contributed by atoms with van der Waals surface area (Å²) in [7, 11) is 1.63. The Labute approximate surface area is 146 Å². The van der Waals surface area contributed by atoms with Gasteiger partial charge in [-0.1, -0.05) is 52.3 Å². The number of anilines is 1. The van der Waals surface area contributed by atoms with Crippen molar-refractivity contribution in [3.63, 3.8) is 0 Å². The summed E-state index contributed by atoms with van der Waals surface area (Å²) >= 11 is 0. The van der Waals surface area contributed by atoms with Gasteiger partial charge >= 0.3 is 0 Å². The number of hydrogen-bond donors (Lipinski definition) is 1. The molecule has 1 aromatic rings. The van der Waals surface area contributed by atoms with Crippen LogP contribution in [0.3, 0.4) is 0 Å². The minimum absolute atomic E-state index is 0.00963. The summed E-state index contributed by atoms with van der Waals surface area (Å²) in [6, 6.07) is 6.02. The first-order valence-electron chi connectivity index (χ1n) is 8.63. The number of nitrogens with one attached hydrogen (secondary N) is 1. The Bertz CT molecular complexity index is 661. The molecule has 1 N–H and O–H groups in total. The molecule has 2 rings (SSSR count). The summed E-state index contributed by atoms with van der Waals surface area (Å²) in [6.07, 6.45) is 2.22. The summed E-state index contributed by atoms with van der Waals surface area (Å²) < 4.78 is 5.43. The third-order valence-corrected chi connectivity index (χ3v) is 5.03. The molecule has 3 heteroatoms. The van der Waals surface area contributed by atoms with Crippen LogP contribution in [-0.2, 0) is 10.2 Å². The highest BCUT2D eigenvalue weighted by molar-refractivity contribution is 5.97. The lowest BCUT2D eigenvalue weighted by atomic mass is 9.87. The van der Waals surface area contributed by atoms with Crippen LogP contribution in [-0.4, -0.2) is 13.0 Å². The Morgan fingerprint density at radius 3 is 2.38 bits per heavy atom. The van der Waals surface area contributed by atoms with E-state index < -0.39 is 0 Å². The monoisotopic (exact) mass is 329 g/mol. The molecule has 1 saturated carbocycles. The van der Waals surface area contributed by atoms with E-state index in [2.05, 4.69) is 65.9 Å². The van der Waals surface area contributed by atoms with E-state index in [1.807, 2.05) is 12.1 Å². The van der Waals surface area contributed by atoms with Crippen LogP contribution in [0.5, 0.6) is 5.75 Å². The zero-order valence-electron chi connectivity index (χ0n) is 16.3. The number of carbonyl (C=O) groups excluding carboxylic acids is 1. The van der Waals surface area contributed by atoms with Gasteiger partial charge in [0.05, 0.1) is 18.7 Å².